The molecule has 3 aromatic carbocycles. The fraction of sp³-hybridized carbons (Fsp3) is 0.238. The molecule has 1 saturated heterocycles. The van der Waals surface area contributed by atoms with E-state index in [0.717, 1.165) is 25.2 Å². The molecule has 3 aromatic rings. The van der Waals surface area contributed by atoms with Gasteiger partial charge in [-0.15, -0.1) is 0 Å². The van der Waals surface area contributed by atoms with E-state index >= 15 is 0 Å². The Balaban J connectivity index is 1.36. The van der Waals surface area contributed by atoms with Gasteiger partial charge in [-0.1, -0.05) is 23.7 Å². The summed E-state index contributed by atoms with van der Waals surface area (Å²) in [6.07, 6.45) is 2.04. The highest BCUT2D eigenvalue weighted by atomic mass is 35.5. The van der Waals surface area contributed by atoms with E-state index in [4.69, 9.17) is 11.6 Å². The quantitative estimate of drug-likeness (QED) is 0.613. The van der Waals surface area contributed by atoms with E-state index in [-0.39, 0.29) is 0 Å². The topological polar surface area (TPSA) is 61.4 Å². The molecule has 138 valence electrons. The van der Waals surface area contributed by atoms with Crippen molar-refractivity contribution in [3.05, 3.63) is 79.6 Å². The van der Waals surface area contributed by atoms with Crippen LogP contribution in [0.1, 0.15) is 12.0 Å². The summed E-state index contributed by atoms with van der Waals surface area (Å²) < 4.78 is 0. The third-order valence-electron chi connectivity index (χ3n) is 4.90. The van der Waals surface area contributed by atoms with Crippen LogP contribution in [0.5, 0.6) is 0 Å². The molecule has 0 radical (unpaired) electrons. The molecule has 0 spiro atoms. The van der Waals surface area contributed by atoms with E-state index in [1.54, 1.807) is 24.3 Å². The molecule has 2 N–H and O–H groups in total. The molecule has 5 nitrogen and oxygen atoms in total. The fourth-order valence-corrected chi connectivity index (χ4v) is 3.26. The molecule has 0 bridgehead atoms. The Bertz CT molecular complexity index is 1000. The molecule has 27 heavy (non-hydrogen) atoms. The predicted molar refractivity (Wildman–Crippen MR) is 112 cm³/mol. The third-order valence-corrected chi connectivity index (χ3v) is 5.15. The van der Waals surface area contributed by atoms with Gasteiger partial charge in [0, 0.05) is 36.0 Å². The van der Waals surface area contributed by atoms with Crippen LogP contribution in [0.2, 0.25) is 5.02 Å². The normalized spacial score (nSPS) is 13.4. The highest BCUT2D eigenvalue weighted by Crippen LogP contribution is 2.23. The van der Waals surface area contributed by atoms with Crippen LogP contribution in [-0.4, -0.2) is 19.6 Å². The summed E-state index contributed by atoms with van der Waals surface area (Å²) in [7, 11) is 0. The van der Waals surface area contributed by atoms with E-state index in [1.165, 1.54) is 17.7 Å². The highest BCUT2D eigenvalue weighted by molar-refractivity contribution is 6.30. The van der Waals surface area contributed by atoms with Crippen LogP contribution < -0.4 is 26.4 Å². The first kappa shape index (κ1) is 17.6. The minimum Gasteiger partial charge on any atom is -0.380 e. The molecule has 0 amide bonds. The van der Waals surface area contributed by atoms with Gasteiger partial charge in [0.2, 0.25) is 0 Å². The lowest BCUT2D eigenvalue weighted by molar-refractivity contribution is 0.617. The monoisotopic (exact) mass is 381 g/mol. The second-order valence-electron chi connectivity index (χ2n) is 6.72. The number of anilines is 4. The van der Waals surface area contributed by atoms with Crippen molar-refractivity contribution in [2.24, 2.45) is 0 Å². The summed E-state index contributed by atoms with van der Waals surface area (Å²) in [6, 6.07) is 15.5. The van der Waals surface area contributed by atoms with Gasteiger partial charge < -0.3 is 15.5 Å². The van der Waals surface area contributed by atoms with Crippen LogP contribution in [0.25, 0.3) is 0 Å². The Morgan fingerprint density at radius 1 is 0.889 bits per heavy atom. The Labute approximate surface area is 162 Å². The molecule has 1 aliphatic rings. The van der Waals surface area contributed by atoms with Crippen LogP contribution >= 0.6 is 11.6 Å². The van der Waals surface area contributed by atoms with E-state index in [2.05, 4.69) is 39.8 Å². The molecular formula is C21H20ClN3O2. The lowest BCUT2D eigenvalue weighted by Crippen LogP contribution is -2.37. The Morgan fingerprint density at radius 2 is 1.56 bits per heavy atom. The molecule has 6 heteroatoms. The SMILES string of the molecule is O=c1c(NCCc2ccc(N3CCC3)cc2)c(Nc2ccc(Cl)cc2)c1=O. The van der Waals surface area contributed by atoms with Crippen LogP contribution in [-0.2, 0) is 6.42 Å². The van der Waals surface area contributed by atoms with Gasteiger partial charge >= 0.3 is 0 Å². The second-order valence-corrected chi connectivity index (χ2v) is 7.16. The van der Waals surface area contributed by atoms with Gasteiger partial charge in [0.25, 0.3) is 10.9 Å². The van der Waals surface area contributed by atoms with Gasteiger partial charge in [-0.2, -0.15) is 0 Å². The summed E-state index contributed by atoms with van der Waals surface area (Å²) >= 11 is 5.87. The number of rotatable bonds is 7. The molecule has 0 atom stereocenters. The molecule has 4 rings (SSSR count). The lowest BCUT2D eigenvalue weighted by Gasteiger charge is -2.33. The Morgan fingerprint density at radius 3 is 2.19 bits per heavy atom. The number of hydrogen-bond donors (Lipinski definition) is 2. The summed E-state index contributed by atoms with van der Waals surface area (Å²) in [5.74, 6) is 0. The van der Waals surface area contributed by atoms with Crippen molar-refractivity contribution >= 4 is 34.4 Å². The predicted octanol–water partition coefficient (Wildman–Crippen LogP) is 3.54. The third kappa shape index (κ3) is 3.69. The van der Waals surface area contributed by atoms with Gasteiger partial charge in [0.1, 0.15) is 11.4 Å². The zero-order valence-corrected chi connectivity index (χ0v) is 15.6. The van der Waals surface area contributed by atoms with Crippen LogP contribution in [0.4, 0.5) is 22.7 Å². The van der Waals surface area contributed by atoms with Gasteiger partial charge in [0.15, 0.2) is 0 Å². The maximum Gasteiger partial charge on any atom is 0.253 e. The molecule has 0 unspecified atom stereocenters. The van der Waals surface area contributed by atoms with Gasteiger partial charge in [0.05, 0.1) is 0 Å². The van der Waals surface area contributed by atoms with Crippen molar-refractivity contribution in [1.29, 1.82) is 0 Å². The van der Waals surface area contributed by atoms with Crippen molar-refractivity contribution in [3.63, 3.8) is 0 Å². The fourth-order valence-electron chi connectivity index (χ4n) is 3.14. The van der Waals surface area contributed by atoms with E-state index < -0.39 is 10.9 Å². The van der Waals surface area contributed by atoms with Crippen molar-refractivity contribution in [2.75, 3.05) is 35.2 Å². The van der Waals surface area contributed by atoms with Crippen LogP contribution in [0.15, 0.2) is 58.1 Å². The number of nitrogens with one attached hydrogen (secondary N) is 2. The largest absolute Gasteiger partial charge is 0.380 e. The molecular weight excluding hydrogens is 362 g/mol. The van der Waals surface area contributed by atoms with E-state index in [1.807, 2.05) is 0 Å². The number of nitrogens with zero attached hydrogens (tertiary/aromatic N) is 1. The highest BCUT2D eigenvalue weighted by Gasteiger charge is 2.20. The Hall–Kier alpha value is -2.79. The first-order valence-electron chi connectivity index (χ1n) is 9.05. The van der Waals surface area contributed by atoms with Gasteiger partial charge in [-0.25, -0.2) is 0 Å². The van der Waals surface area contributed by atoms with Crippen molar-refractivity contribution in [2.45, 2.75) is 12.8 Å². The molecule has 1 heterocycles. The van der Waals surface area contributed by atoms with Crippen LogP contribution in [0, 0.1) is 0 Å². The zero-order valence-electron chi connectivity index (χ0n) is 14.8. The lowest BCUT2D eigenvalue weighted by atomic mass is 10.1. The molecule has 0 aromatic heterocycles. The zero-order chi connectivity index (χ0) is 18.8. The maximum absolute atomic E-state index is 11.9. The number of halogens is 1. The minimum atomic E-state index is -0.494. The van der Waals surface area contributed by atoms with Crippen molar-refractivity contribution < 1.29 is 0 Å². The van der Waals surface area contributed by atoms with E-state index in [9.17, 15) is 9.59 Å². The molecule has 1 aliphatic heterocycles. The summed E-state index contributed by atoms with van der Waals surface area (Å²) in [4.78, 5) is 26.1. The standard InChI is InChI=1S/C21H20ClN3O2/c22-15-4-6-16(7-5-15)24-19-18(20(26)21(19)27)23-11-10-14-2-8-17(9-3-14)25-12-1-13-25/h2-9,23-24H,1,10-13H2. The minimum absolute atomic E-state index is 0.315. The van der Waals surface area contributed by atoms with E-state index in [0.29, 0.717) is 22.9 Å². The van der Waals surface area contributed by atoms with Crippen molar-refractivity contribution in [1.82, 2.24) is 0 Å². The second kappa shape index (κ2) is 7.45. The summed E-state index contributed by atoms with van der Waals surface area (Å²) in [5, 5.41) is 6.71. The van der Waals surface area contributed by atoms with Crippen molar-refractivity contribution in [3.8, 4) is 0 Å². The average Bonchev–Trinajstić information content (AvgIpc) is 2.65. The first-order valence-corrected chi connectivity index (χ1v) is 9.43. The number of hydrogen-bond acceptors (Lipinski definition) is 5. The van der Waals surface area contributed by atoms with Gasteiger partial charge in [-0.05, 0) is 54.8 Å². The maximum atomic E-state index is 11.9. The van der Waals surface area contributed by atoms with Crippen LogP contribution in [0.3, 0.4) is 0 Å². The summed E-state index contributed by atoms with van der Waals surface area (Å²) in [5.41, 5.74) is 2.87. The molecule has 1 fully saturated rings. The number of benzene rings is 2. The smallest absolute Gasteiger partial charge is 0.253 e. The summed E-state index contributed by atoms with van der Waals surface area (Å²) in [6.45, 7) is 2.85. The Kier molecular flexibility index (Phi) is 4.86. The average molecular weight is 382 g/mol. The first-order chi connectivity index (χ1) is 13.1. The van der Waals surface area contributed by atoms with Gasteiger partial charge in [-0.3, -0.25) is 9.59 Å². The molecule has 0 saturated carbocycles. The molecule has 0 aliphatic carbocycles.